The van der Waals surface area contributed by atoms with Gasteiger partial charge in [0.25, 0.3) is 0 Å². The Kier molecular flexibility index (Phi) is 4.43. The molecule has 1 N–H and O–H groups in total. The van der Waals surface area contributed by atoms with E-state index in [1.165, 1.54) is 5.56 Å². The van der Waals surface area contributed by atoms with Gasteiger partial charge in [-0.25, -0.2) is 9.97 Å². The number of ether oxygens (including phenoxy) is 1. The third-order valence-electron chi connectivity index (χ3n) is 5.50. The predicted octanol–water partition coefficient (Wildman–Crippen LogP) is 3.51. The second-order valence-corrected chi connectivity index (χ2v) is 7.41. The predicted molar refractivity (Wildman–Crippen MR) is 105 cm³/mol. The fraction of sp³-hybridized carbons (Fsp3) is 0.381. The highest BCUT2D eigenvalue weighted by atomic mass is 16.5. The van der Waals surface area contributed by atoms with Gasteiger partial charge in [-0.3, -0.25) is 9.88 Å². The van der Waals surface area contributed by atoms with Gasteiger partial charge in [0.1, 0.15) is 12.1 Å². The van der Waals surface area contributed by atoms with Crippen LogP contribution in [0.2, 0.25) is 0 Å². The zero-order chi connectivity index (χ0) is 18.1. The van der Waals surface area contributed by atoms with Crippen molar-refractivity contribution in [3.05, 3.63) is 54.1 Å². The van der Waals surface area contributed by atoms with Crippen LogP contribution in [0.4, 0.5) is 11.5 Å². The van der Waals surface area contributed by atoms with Crippen molar-refractivity contribution in [1.82, 2.24) is 19.9 Å². The van der Waals surface area contributed by atoms with Crippen LogP contribution in [0.15, 0.2) is 42.9 Å². The van der Waals surface area contributed by atoms with E-state index in [2.05, 4.69) is 37.3 Å². The van der Waals surface area contributed by atoms with Crippen LogP contribution in [0, 0.1) is 5.92 Å². The Hall–Kier alpha value is -2.57. The Morgan fingerprint density at radius 1 is 1.07 bits per heavy atom. The number of pyridine rings is 1. The molecule has 1 fully saturated rings. The van der Waals surface area contributed by atoms with Crippen molar-refractivity contribution in [3.8, 4) is 0 Å². The summed E-state index contributed by atoms with van der Waals surface area (Å²) in [7, 11) is 0. The number of hydrogen-bond acceptors (Lipinski definition) is 6. The normalized spacial score (nSPS) is 17.9. The SMILES string of the molecule is c1ccc2ncc(Nc3ncnc4c3CN(CC3CCOCC3)C4)cc2c1. The number of rotatable bonds is 4. The van der Waals surface area contributed by atoms with E-state index in [4.69, 9.17) is 4.74 Å². The average molecular weight is 361 g/mol. The van der Waals surface area contributed by atoms with Gasteiger partial charge in [0.2, 0.25) is 0 Å². The van der Waals surface area contributed by atoms with Gasteiger partial charge in [0, 0.05) is 43.8 Å². The number of para-hydroxylation sites is 1. The van der Waals surface area contributed by atoms with Crippen LogP contribution in [0.25, 0.3) is 10.9 Å². The molecule has 138 valence electrons. The molecule has 27 heavy (non-hydrogen) atoms. The lowest BCUT2D eigenvalue weighted by Gasteiger charge is -2.26. The monoisotopic (exact) mass is 361 g/mol. The summed E-state index contributed by atoms with van der Waals surface area (Å²) in [4.78, 5) is 16.1. The molecular weight excluding hydrogens is 338 g/mol. The molecule has 3 aromatic rings. The maximum atomic E-state index is 5.49. The molecular formula is C21H23N5O. The molecule has 0 spiro atoms. The highest BCUT2D eigenvalue weighted by Gasteiger charge is 2.26. The van der Waals surface area contributed by atoms with E-state index in [1.807, 2.05) is 24.4 Å². The molecule has 5 rings (SSSR count). The molecule has 1 saturated heterocycles. The minimum atomic E-state index is 0.724. The topological polar surface area (TPSA) is 63.2 Å². The second-order valence-electron chi connectivity index (χ2n) is 7.41. The van der Waals surface area contributed by atoms with E-state index >= 15 is 0 Å². The Morgan fingerprint density at radius 2 is 1.96 bits per heavy atom. The molecule has 6 nitrogen and oxygen atoms in total. The van der Waals surface area contributed by atoms with Crippen molar-refractivity contribution >= 4 is 22.4 Å². The van der Waals surface area contributed by atoms with Crippen LogP contribution in [-0.2, 0) is 17.8 Å². The molecule has 6 heteroatoms. The third-order valence-corrected chi connectivity index (χ3v) is 5.50. The number of aromatic nitrogens is 3. The molecule has 0 atom stereocenters. The first kappa shape index (κ1) is 16.6. The van der Waals surface area contributed by atoms with E-state index in [-0.39, 0.29) is 0 Å². The molecule has 0 unspecified atom stereocenters. The number of hydrogen-bond donors (Lipinski definition) is 1. The van der Waals surface area contributed by atoms with Crippen LogP contribution >= 0.6 is 0 Å². The minimum Gasteiger partial charge on any atom is -0.381 e. The Bertz CT molecular complexity index is 954. The van der Waals surface area contributed by atoms with Crippen LogP contribution in [0.1, 0.15) is 24.1 Å². The Labute approximate surface area is 158 Å². The van der Waals surface area contributed by atoms with Gasteiger partial charge in [0.05, 0.1) is 23.1 Å². The number of fused-ring (bicyclic) bond motifs is 2. The van der Waals surface area contributed by atoms with Crippen molar-refractivity contribution in [1.29, 1.82) is 0 Å². The highest BCUT2D eigenvalue weighted by molar-refractivity contribution is 5.82. The van der Waals surface area contributed by atoms with Crippen molar-refractivity contribution in [2.24, 2.45) is 5.92 Å². The molecule has 0 amide bonds. The summed E-state index contributed by atoms with van der Waals surface area (Å²) in [6.45, 7) is 4.70. The lowest BCUT2D eigenvalue weighted by molar-refractivity contribution is 0.0520. The van der Waals surface area contributed by atoms with E-state index in [0.717, 1.165) is 79.7 Å². The maximum Gasteiger partial charge on any atom is 0.138 e. The summed E-state index contributed by atoms with van der Waals surface area (Å²) in [6, 6.07) is 10.3. The smallest absolute Gasteiger partial charge is 0.138 e. The molecule has 0 bridgehead atoms. The molecule has 2 aliphatic heterocycles. The first-order valence-electron chi connectivity index (χ1n) is 9.60. The number of nitrogens with zero attached hydrogens (tertiary/aromatic N) is 4. The Balaban J connectivity index is 1.34. The molecule has 2 aliphatic rings. The van der Waals surface area contributed by atoms with Crippen molar-refractivity contribution < 1.29 is 4.74 Å². The fourth-order valence-electron chi connectivity index (χ4n) is 4.05. The molecule has 1 aromatic carbocycles. The van der Waals surface area contributed by atoms with Crippen molar-refractivity contribution in [2.75, 3.05) is 25.1 Å². The number of nitrogens with one attached hydrogen (secondary N) is 1. The number of benzene rings is 1. The van der Waals surface area contributed by atoms with Gasteiger partial charge < -0.3 is 10.1 Å². The number of anilines is 2. The standard InChI is InChI=1S/C21H23N5O/c1-2-4-19-16(3-1)9-17(10-22-19)25-21-18-12-26(13-20(18)23-14-24-21)11-15-5-7-27-8-6-15/h1-4,9-10,14-15H,5-8,11-13H2,(H,23,24,25). The van der Waals surface area contributed by atoms with Crippen molar-refractivity contribution in [3.63, 3.8) is 0 Å². The zero-order valence-electron chi connectivity index (χ0n) is 15.3. The third kappa shape index (κ3) is 3.50. The van der Waals surface area contributed by atoms with Crippen LogP contribution in [0.3, 0.4) is 0 Å². The van der Waals surface area contributed by atoms with Gasteiger partial charge in [-0.2, -0.15) is 0 Å². The van der Waals surface area contributed by atoms with Crippen LogP contribution in [0.5, 0.6) is 0 Å². The average Bonchev–Trinajstić information content (AvgIpc) is 3.12. The lowest BCUT2D eigenvalue weighted by Crippen LogP contribution is -2.28. The second kappa shape index (κ2) is 7.21. The van der Waals surface area contributed by atoms with Gasteiger partial charge >= 0.3 is 0 Å². The molecule has 2 aromatic heterocycles. The first-order valence-corrected chi connectivity index (χ1v) is 9.60. The largest absolute Gasteiger partial charge is 0.381 e. The van der Waals surface area contributed by atoms with Crippen LogP contribution in [-0.4, -0.2) is 39.6 Å². The summed E-state index contributed by atoms with van der Waals surface area (Å²) in [5.41, 5.74) is 4.29. The summed E-state index contributed by atoms with van der Waals surface area (Å²) >= 11 is 0. The molecule has 4 heterocycles. The summed E-state index contributed by atoms with van der Waals surface area (Å²) < 4.78 is 5.49. The molecule has 0 radical (unpaired) electrons. The highest BCUT2D eigenvalue weighted by Crippen LogP contribution is 2.30. The van der Waals surface area contributed by atoms with Crippen LogP contribution < -0.4 is 5.32 Å². The van der Waals surface area contributed by atoms with E-state index in [1.54, 1.807) is 6.33 Å². The van der Waals surface area contributed by atoms with Gasteiger partial charge in [-0.05, 0) is 30.9 Å². The summed E-state index contributed by atoms with van der Waals surface area (Å²) in [5.74, 6) is 1.62. The Morgan fingerprint density at radius 3 is 2.89 bits per heavy atom. The van der Waals surface area contributed by atoms with E-state index in [9.17, 15) is 0 Å². The van der Waals surface area contributed by atoms with Gasteiger partial charge in [-0.15, -0.1) is 0 Å². The zero-order valence-corrected chi connectivity index (χ0v) is 15.3. The van der Waals surface area contributed by atoms with E-state index in [0.29, 0.717) is 0 Å². The molecule has 0 aliphatic carbocycles. The lowest BCUT2D eigenvalue weighted by atomic mass is 10.00. The maximum absolute atomic E-state index is 5.49. The first-order chi connectivity index (χ1) is 13.3. The van der Waals surface area contributed by atoms with Crippen molar-refractivity contribution in [2.45, 2.75) is 25.9 Å². The van der Waals surface area contributed by atoms with E-state index < -0.39 is 0 Å². The minimum absolute atomic E-state index is 0.724. The quantitative estimate of drug-likeness (QED) is 0.767. The van der Waals surface area contributed by atoms with Gasteiger partial charge in [0.15, 0.2) is 0 Å². The fourth-order valence-corrected chi connectivity index (χ4v) is 4.05. The summed E-state index contributed by atoms with van der Waals surface area (Å²) in [6.07, 6.45) is 5.85. The summed E-state index contributed by atoms with van der Waals surface area (Å²) in [5, 5.41) is 4.58. The molecule has 0 saturated carbocycles. The van der Waals surface area contributed by atoms with Gasteiger partial charge in [-0.1, -0.05) is 18.2 Å².